The number of alkyl halides is 3. The molecule has 11 heteroatoms. The molecule has 0 saturated carbocycles. The summed E-state index contributed by atoms with van der Waals surface area (Å²) < 4.78 is 69.8. The van der Waals surface area contributed by atoms with Crippen molar-refractivity contribution in [2.75, 3.05) is 0 Å². The van der Waals surface area contributed by atoms with Crippen molar-refractivity contribution in [3.8, 4) is 11.5 Å². The van der Waals surface area contributed by atoms with Gasteiger partial charge in [0.05, 0.1) is 12.2 Å². The van der Waals surface area contributed by atoms with Crippen LogP contribution in [-0.4, -0.2) is 23.6 Å². The van der Waals surface area contributed by atoms with Gasteiger partial charge < -0.3 is 4.42 Å². The molecule has 0 saturated heterocycles. The second-order valence-corrected chi connectivity index (χ2v) is 7.08. The Morgan fingerprint density at radius 3 is 2.65 bits per heavy atom. The smallest absolute Gasteiger partial charge is 0.432 e. The maximum atomic E-state index is 12.6. The molecule has 2 N–H and O–H groups in total. The van der Waals surface area contributed by atoms with E-state index in [4.69, 9.17) is 4.42 Å². The highest BCUT2D eigenvalue weighted by molar-refractivity contribution is 7.89. The van der Waals surface area contributed by atoms with Crippen LogP contribution in [0.1, 0.15) is 17.1 Å². The third-order valence-electron chi connectivity index (χ3n) is 3.37. The zero-order valence-corrected chi connectivity index (χ0v) is 14.1. The van der Waals surface area contributed by atoms with E-state index in [1.807, 2.05) is 5.10 Å². The number of aryl methyl sites for hydroxylation is 1. The molecule has 0 spiro atoms. The number of hydrogen-bond donors (Lipinski definition) is 2. The first-order valence-electron chi connectivity index (χ1n) is 7.30. The van der Waals surface area contributed by atoms with Crippen LogP contribution >= 0.6 is 0 Å². The van der Waals surface area contributed by atoms with Crippen molar-refractivity contribution >= 4 is 10.0 Å². The molecule has 0 radical (unpaired) electrons. The summed E-state index contributed by atoms with van der Waals surface area (Å²) in [5, 5.41) is 4.89. The number of furan rings is 1. The number of nitrogens with one attached hydrogen (secondary N) is 2. The van der Waals surface area contributed by atoms with E-state index in [0.29, 0.717) is 5.69 Å². The molecule has 0 aliphatic rings. The van der Waals surface area contributed by atoms with Crippen molar-refractivity contribution < 1.29 is 26.0 Å². The number of hydrogen-bond acceptors (Lipinski definition) is 5. The summed E-state index contributed by atoms with van der Waals surface area (Å²) in [5.74, 6) is -0.106. The van der Waals surface area contributed by atoms with Crippen LogP contribution in [0.4, 0.5) is 13.2 Å². The van der Waals surface area contributed by atoms with Crippen molar-refractivity contribution in [3.05, 3.63) is 53.5 Å². The molecule has 0 bridgehead atoms. The first-order chi connectivity index (χ1) is 12.1. The van der Waals surface area contributed by atoms with Crippen LogP contribution < -0.4 is 4.72 Å². The topological polar surface area (TPSA) is 101 Å². The van der Waals surface area contributed by atoms with Gasteiger partial charge >= 0.3 is 6.18 Å². The molecule has 3 aromatic rings. The van der Waals surface area contributed by atoms with Crippen molar-refractivity contribution in [1.82, 2.24) is 19.9 Å². The van der Waals surface area contributed by atoms with Crippen molar-refractivity contribution in [2.24, 2.45) is 0 Å². The van der Waals surface area contributed by atoms with Crippen LogP contribution in [0.15, 0.2) is 45.9 Å². The number of rotatable bonds is 5. The summed E-state index contributed by atoms with van der Waals surface area (Å²) in [6.45, 7) is 1.72. The van der Waals surface area contributed by atoms with Crippen LogP contribution in [-0.2, 0) is 22.7 Å². The van der Waals surface area contributed by atoms with Crippen LogP contribution in [0.3, 0.4) is 0 Å². The summed E-state index contributed by atoms with van der Waals surface area (Å²) >= 11 is 0. The summed E-state index contributed by atoms with van der Waals surface area (Å²) in [6.07, 6.45) is -4.59. The molecule has 0 atom stereocenters. The van der Waals surface area contributed by atoms with Crippen LogP contribution in [0.25, 0.3) is 11.5 Å². The molecule has 0 fully saturated rings. The van der Waals surface area contributed by atoms with E-state index < -0.39 is 27.0 Å². The Morgan fingerprint density at radius 2 is 2.00 bits per heavy atom. The van der Waals surface area contributed by atoms with E-state index in [0.717, 1.165) is 17.8 Å². The highest BCUT2D eigenvalue weighted by Crippen LogP contribution is 2.31. The third-order valence-corrected chi connectivity index (χ3v) is 4.64. The first kappa shape index (κ1) is 18.1. The molecule has 26 heavy (non-hydrogen) atoms. The number of aromatic nitrogens is 3. The van der Waals surface area contributed by atoms with Crippen LogP contribution in [0, 0.1) is 6.92 Å². The average molecular weight is 386 g/mol. The summed E-state index contributed by atoms with van der Waals surface area (Å²) in [7, 11) is -4.00. The highest BCUT2D eigenvalue weighted by atomic mass is 32.2. The Balaban J connectivity index is 1.76. The predicted octanol–water partition coefficient (Wildman–Crippen LogP) is 2.87. The molecule has 0 aliphatic carbocycles. The van der Waals surface area contributed by atoms with Crippen molar-refractivity contribution in [2.45, 2.75) is 24.7 Å². The SMILES string of the molecule is Cc1cccc(CNS(=O)(=O)c2ccc(-c3cc(C(F)(F)F)[nH]n3)o2)n1. The Morgan fingerprint density at radius 1 is 1.23 bits per heavy atom. The molecule has 3 heterocycles. The molecular weight excluding hydrogens is 373 g/mol. The fourth-order valence-electron chi connectivity index (χ4n) is 2.13. The molecule has 3 rings (SSSR count). The fraction of sp³-hybridized carbons (Fsp3) is 0.200. The van der Waals surface area contributed by atoms with Crippen molar-refractivity contribution in [1.29, 1.82) is 0 Å². The highest BCUT2D eigenvalue weighted by Gasteiger charge is 2.33. The maximum Gasteiger partial charge on any atom is 0.432 e. The lowest BCUT2D eigenvalue weighted by atomic mass is 10.3. The van der Waals surface area contributed by atoms with Gasteiger partial charge in [-0.15, -0.1) is 0 Å². The Bertz CT molecular complexity index is 1020. The van der Waals surface area contributed by atoms with Gasteiger partial charge in [-0.3, -0.25) is 10.1 Å². The van der Waals surface area contributed by atoms with E-state index in [9.17, 15) is 21.6 Å². The van der Waals surface area contributed by atoms with Gasteiger partial charge in [-0.1, -0.05) is 6.07 Å². The van der Waals surface area contributed by atoms with Gasteiger partial charge in [0, 0.05) is 5.69 Å². The summed E-state index contributed by atoms with van der Waals surface area (Å²) in [5.41, 5.74) is 0.0412. The second-order valence-electron chi connectivity index (χ2n) is 5.38. The van der Waals surface area contributed by atoms with Gasteiger partial charge in [0.15, 0.2) is 5.76 Å². The number of sulfonamides is 1. The summed E-state index contributed by atoms with van der Waals surface area (Å²) in [4.78, 5) is 4.17. The summed E-state index contributed by atoms with van der Waals surface area (Å²) in [6, 6.07) is 8.28. The largest absolute Gasteiger partial charge is 0.442 e. The first-order valence-corrected chi connectivity index (χ1v) is 8.78. The van der Waals surface area contributed by atoms with Gasteiger partial charge in [0.2, 0.25) is 5.09 Å². The maximum absolute atomic E-state index is 12.6. The minimum Gasteiger partial charge on any atom is -0.442 e. The minimum atomic E-state index is -4.59. The molecule has 0 unspecified atom stereocenters. The number of pyridine rings is 1. The lowest BCUT2D eigenvalue weighted by Crippen LogP contribution is -2.23. The fourth-order valence-corrected chi connectivity index (χ4v) is 3.06. The standard InChI is InChI=1S/C15H13F3N4O3S/c1-9-3-2-4-10(20-9)8-19-26(23,24)14-6-5-12(25-14)11-7-13(22-21-11)15(16,17)18/h2-7,19H,8H2,1H3,(H,21,22). The molecule has 3 aromatic heterocycles. The monoisotopic (exact) mass is 386 g/mol. The van der Waals surface area contributed by atoms with E-state index >= 15 is 0 Å². The van der Waals surface area contributed by atoms with E-state index in [-0.39, 0.29) is 18.0 Å². The lowest BCUT2D eigenvalue weighted by Gasteiger charge is -2.04. The van der Waals surface area contributed by atoms with Crippen molar-refractivity contribution in [3.63, 3.8) is 0 Å². The normalized spacial score (nSPS) is 12.5. The third kappa shape index (κ3) is 3.94. The number of aromatic amines is 1. The molecule has 0 aliphatic heterocycles. The minimum absolute atomic E-state index is 0.0549. The van der Waals surface area contributed by atoms with E-state index in [1.165, 1.54) is 6.07 Å². The van der Waals surface area contributed by atoms with E-state index in [2.05, 4.69) is 14.8 Å². The van der Waals surface area contributed by atoms with Gasteiger partial charge in [-0.2, -0.15) is 18.3 Å². The van der Waals surface area contributed by atoms with Gasteiger partial charge in [0.1, 0.15) is 11.4 Å². The van der Waals surface area contributed by atoms with Gasteiger partial charge in [0.25, 0.3) is 10.0 Å². The lowest BCUT2D eigenvalue weighted by molar-refractivity contribution is -0.141. The van der Waals surface area contributed by atoms with Gasteiger partial charge in [-0.05, 0) is 37.3 Å². The molecule has 7 nitrogen and oxygen atoms in total. The average Bonchev–Trinajstić information content (AvgIpc) is 3.21. The predicted molar refractivity (Wildman–Crippen MR) is 84.3 cm³/mol. The molecule has 138 valence electrons. The number of halogens is 3. The quantitative estimate of drug-likeness (QED) is 0.702. The van der Waals surface area contributed by atoms with Crippen LogP contribution in [0.5, 0.6) is 0 Å². The second kappa shape index (κ2) is 6.57. The van der Waals surface area contributed by atoms with E-state index in [1.54, 1.807) is 25.1 Å². The zero-order chi connectivity index (χ0) is 18.9. The Hall–Kier alpha value is -2.66. The van der Waals surface area contributed by atoms with Gasteiger partial charge in [-0.25, -0.2) is 13.1 Å². The number of H-pyrrole nitrogens is 1. The molecular formula is C15H13F3N4O3S. The Kier molecular flexibility index (Phi) is 4.59. The van der Waals surface area contributed by atoms with Crippen LogP contribution in [0.2, 0.25) is 0 Å². The molecule has 0 amide bonds. The Labute approximate surface area is 146 Å². The number of nitrogens with zero attached hydrogens (tertiary/aromatic N) is 2. The molecule has 0 aromatic carbocycles. The zero-order valence-electron chi connectivity index (χ0n) is 13.3.